The minimum absolute atomic E-state index is 0.0403. The SMILES string of the molecule is CC(NC(=O)CCC1Cc2ccccc2NC1=O)c1ccc(OCC(=O)O)cc1. The van der Waals surface area contributed by atoms with Gasteiger partial charge in [-0.15, -0.1) is 0 Å². The van der Waals surface area contributed by atoms with Crippen LogP contribution in [0.25, 0.3) is 0 Å². The van der Waals surface area contributed by atoms with Crippen molar-refractivity contribution in [2.45, 2.75) is 32.2 Å². The Morgan fingerprint density at radius 1 is 1.21 bits per heavy atom. The maximum atomic E-state index is 12.3. The third-order valence-electron chi connectivity index (χ3n) is 4.95. The van der Waals surface area contributed by atoms with Crippen LogP contribution in [0.2, 0.25) is 0 Å². The summed E-state index contributed by atoms with van der Waals surface area (Å²) in [6.07, 6.45) is 1.40. The van der Waals surface area contributed by atoms with E-state index in [1.807, 2.05) is 31.2 Å². The number of carbonyl (C=O) groups is 3. The van der Waals surface area contributed by atoms with Crippen LogP contribution in [-0.2, 0) is 20.8 Å². The lowest BCUT2D eigenvalue weighted by atomic mass is 9.89. The summed E-state index contributed by atoms with van der Waals surface area (Å²) >= 11 is 0. The molecule has 2 amide bonds. The molecule has 0 fully saturated rings. The number of anilines is 1. The zero-order valence-corrected chi connectivity index (χ0v) is 16.2. The number of amides is 2. The fraction of sp³-hybridized carbons (Fsp3) is 0.318. The second kappa shape index (κ2) is 9.23. The highest BCUT2D eigenvalue weighted by Gasteiger charge is 2.26. The Morgan fingerprint density at radius 2 is 1.93 bits per heavy atom. The summed E-state index contributed by atoms with van der Waals surface area (Å²) in [5.74, 6) is -0.948. The highest BCUT2D eigenvalue weighted by molar-refractivity contribution is 5.96. The van der Waals surface area contributed by atoms with Gasteiger partial charge in [0.25, 0.3) is 0 Å². The van der Waals surface area contributed by atoms with E-state index >= 15 is 0 Å². The number of hydrogen-bond acceptors (Lipinski definition) is 4. The molecule has 2 aromatic carbocycles. The highest BCUT2D eigenvalue weighted by Crippen LogP contribution is 2.27. The molecular formula is C22H24N2O5. The van der Waals surface area contributed by atoms with Gasteiger partial charge in [0.1, 0.15) is 5.75 Å². The average Bonchev–Trinajstić information content (AvgIpc) is 2.71. The van der Waals surface area contributed by atoms with Crippen molar-refractivity contribution in [3.8, 4) is 5.75 Å². The predicted octanol–water partition coefficient (Wildman–Crippen LogP) is 2.92. The van der Waals surface area contributed by atoms with E-state index in [9.17, 15) is 14.4 Å². The van der Waals surface area contributed by atoms with Crippen molar-refractivity contribution in [2.24, 2.45) is 5.92 Å². The minimum Gasteiger partial charge on any atom is -0.482 e. The first-order valence-corrected chi connectivity index (χ1v) is 9.55. The van der Waals surface area contributed by atoms with E-state index in [4.69, 9.17) is 9.84 Å². The molecule has 2 atom stereocenters. The summed E-state index contributed by atoms with van der Waals surface area (Å²) < 4.78 is 5.10. The smallest absolute Gasteiger partial charge is 0.341 e. The Balaban J connectivity index is 1.48. The molecule has 0 spiro atoms. The lowest BCUT2D eigenvalue weighted by molar-refractivity contribution is -0.139. The van der Waals surface area contributed by atoms with Crippen LogP contribution < -0.4 is 15.4 Å². The molecule has 7 heteroatoms. The summed E-state index contributed by atoms with van der Waals surface area (Å²) in [5.41, 5.74) is 2.82. The van der Waals surface area contributed by atoms with Gasteiger partial charge in [0, 0.05) is 18.0 Å². The predicted molar refractivity (Wildman–Crippen MR) is 108 cm³/mol. The van der Waals surface area contributed by atoms with Gasteiger partial charge in [0.15, 0.2) is 6.61 Å². The number of hydrogen-bond donors (Lipinski definition) is 3. The standard InChI is InChI=1S/C22H24N2O5/c1-14(15-6-9-18(10-7-15)29-13-21(26)27)23-20(25)11-8-17-12-16-4-2-3-5-19(16)24-22(17)28/h2-7,9-10,14,17H,8,11-13H2,1H3,(H,23,25)(H,24,28)(H,26,27). The number of ether oxygens (including phenoxy) is 1. The molecule has 2 unspecified atom stereocenters. The Morgan fingerprint density at radius 3 is 2.66 bits per heavy atom. The van der Waals surface area contributed by atoms with Gasteiger partial charge in [-0.3, -0.25) is 9.59 Å². The van der Waals surface area contributed by atoms with E-state index in [-0.39, 0.29) is 30.2 Å². The molecule has 0 saturated carbocycles. The maximum absolute atomic E-state index is 12.3. The summed E-state index contributed by atoms with van der Waals surface area (Å²) in [6.45, 7) is 1.47. The van der Waals surface area contributed by atoms with Crippen molar-refractivity contribution in [3.63, 3.8) is 0 Å². The van der Waals surface area contributed by atoms with Crippen molar-refractivity contribution in [3.05, 3.63) is 59.7 Å². The lowest BCUT2D eigenvalue weighted by Gasteiger charge is -2.24. The van der Waals surface area contributed by atoms with E-state index < -0.39 is 12.6 Å². The molecule has 0 bridgehead atoms. The van der Waals surface area contributed by atoms with E-state index in [1.54, 1.807) is 24.3 Å². The highest BCUT2D eigenvalue weighted by atomic mass is 16.5. The summed E-state index contributed by atoms with van der Waals surface area (Å²) in [6, 6.07) is 14.4. The molecule has 1 aliphatic rings. The third kappa shape index (κ3) is 5.57. The van der Waals surface area contributed by atoms with Crippen molar-refractivity contribution in [1.29, 1.82) is 0 Å². The zero-order chi connectivity index (χ0) is 20.8. The molecular weight excluding hydrogens is 372 g/mol. The van der Waals surface area contributed by atoms with Crippen molar-refractivity contribution in [2.75, 3.05) is 11.9 Å². The Bertz CT molecular complexity index is 894. The molecule has 29 heavy (non-hydrogen) atoms. The van der Waals surface area contributed by atoms with Crippen LogP contribution in [0.1, 0.15) is 36.9 Å². The molecule has 0 saturated heterocycles. The summed E-state index contributed by atoms with van der Waals surface area (Å²) in [5, 5.41) is 14.5. The number of benzene rings is 2. The van der Waals surface area contributed by atoms with Crippen LogP contribution in [0.3, 0.4) is 0 Å². The molecule has 0 aromatic heterocycles. The van der Waals surface area contributed by atoms with Crippen molar-refractivity contribution in [1.82, 2.24) is 5.32 Å². The molecule has 1 heterocycles. The second-order valence-corrected chi connectivity index (χ2v) is 7.13. The van der Waals surface area contributed by atoms with Gasteiger partial charge in [-0.05, 0) is 49.1 Å². The number of carboxylic acids is 1. The van der Waals surface area contributed by atoms with E-state index in [1.165, 1.54) is 0 Å². The normalized spacial score (nSPS) is 16.3. The number of carbonyl (C=O) groups excluding carboxylic acids is 2. The monoisotopic (exact) mass is 396 g/mol. The van der Waals surface area contributed by atoms with Crippen LogP contribution in [0.5, 0.6) is 5.75 Å². The zero-order valence-electron chi connectivity index (χ0n) is 16.2. The molecule has 0 radical (unpaired) electrons. The number of para-hydroxylation sites is 1. The number of rotatable bonds is 8. The van der Waals surface area contributed by atoms with Gasteiger partial charge < -0.3 is 20.5 Å². The average molecular weight is 396 g/mol. The van der Waals surface area contributed by atoms with Crippen LogP contribution in [-0.4, -0.2) is 29.5 Å². The van der Waals surface area contributed by atoms with Gasteiger partial charge in [-0.1, -0.05) is 30.3 Å². The topological polar surface area (TPSA) is 105 Å². The first-order valence-electron chi connectivity index (χ1n) is 9.55. The lowest BCUT2D eigenvalue weighted by Crippen LogP contribution is -2.32. The molecule has 3 N–H and O–H groups in total. The quantitative estimate of drug-likeness (QED) is 0.636. The Hall–Kier alpha value is -3.35. The number of carboxylic acid groups (broad SMARTS) is 1. The van der Waals surface area contributed by atoms with Crippen molar-refractivity contribution >= 4 is 23.5 Å². The molecule has 3 rings (SSSR count). The number of aliphatic carboxylic acids is 1. The minimum atomic E-state index is -1.04. The third-order valence-corrected chi connectivity index (χ3v) is 4.95. The summed E-state index contributed by atoms with van der Waals surface area (Å²) in [4.78, 5) is 35.1. The van der Waals surface area contributed by atoms with Gasteiger partial charge >= 0.3 is 5.97 Å². The van der Waals surface area contributed by atoms with E-state index in [2.05, 4.69) is 10.6 Å². The van der Waals surface area contributed by atoms with Crippen LogP contribution >= 0.6 is 0 Å². The van der Waals surface area contributed by atoms with E-state index in [0.29, 0.717) is 18.6 Å². The van der Waals surface area contributed by atoms with Crippen LogP contribution in [0, 0.1) is 5.92 Å². The van der Waals surface area contributed by atoms with E-state index in [0.717, 1.165) is 16.8 Å². The summed E-state index contributed by atoms with van der Waals surface area (Å²) in [7, 11) is 0. The molecule has 7 nitrogen and oxygen atoms in total. The number of nitrogens with one attached hydrogen (secondary N) is 2. The Labute approximate surface area is 169 Å². The van der Waals surface area contributed by atoms with Crippen LogP contribution in [0.4, 0.5) is 5.69 Å². The largest absolute Gasteiger partial charge is 0.482 e. The number of fused-ring (bicyclic) bond motifs is 1. The second-order valence-electron chi connectivity index (χ2n) is 7.13. The molecule has 0 aliphatic carbocycles. The first kappa shape index (κ1) is 20.4. The first-order chi connectivity index (χ1) is 13.9. The Kier molecular flexibility index (Phi) is 6.49. The van der Waals surface area contributed by atoms with Crippen molar-refractivity contribution < 1.29 is 24.2 Å². The molecule has 2 aromatic rings. The van der Waals surface area contributed by atoms with Gasteiger partial charge in [0.05, 0.1) is 6.04 Å². The van der Waals surface area contributed by atoms with Crippen LogP contribution in [0.15, 0.2) is 48.5 Å². The molecule has 1 aliphatic heterocycles. The fourth-order valence-corrected chi connectivity index (χ4v) is 3.35. The van der Waals surface area contributed by atoms with Gasteiger partial charge in [-0.25, -0.2) is 4.79 Å². The molecule has 152 valence electrons. The van der Waals surface area contributed by atoms with Gasteiger partial charge in [0.2, 0.25) is 11.8 Å². The van der Waals surface area contributed by atoms with Gasteiger partial charge in [-0.2, -0.15) is 0 Å². The fourth-order valence-electron chi connectivity index (χ4n) is 3.35. The maximum Gasteiger partial charge on any atom is 0.341 e.